The molecule has 1 N–H and O–H groups in total. The van der Waals surface area contributed by atoms with Crippen molar-refractivity contribution >= 4 is 11.7 Å². The first-order valence-corrected chi connectivity index (χ1v) is 16.8. The first-order chi connectivity index (χ1) is 22.6. The molecule has 5 fully saturated rings. The van der Waals surface area contributed by atoms with E-state index in [2.05, 4.69) is 30.1 Å². The van der Waals surface area contributed by atoms with Crippen molar-refractivity contribution in [3.05, 3.63) is 65.9 Å². The summed E-state index contributed by atoms with van der Waals surface area (Å²) in [4.78, 5) is 17.3. The highest BCUT2D eigenvalue weighted by Gasteiger charge is 2.50. The summed E-state index contributed by atoms with van der Waals surface area (Å²) in [6, 6.07) is 15.7. The fourth-order valence-electron chi connectivity index (χ4n) is 8.92. The third-order valence-electron chi connectivity index (χ3n) is 10.5. The van der Waals surface area contributed by atoms with Gasteiger partial charge >= 0.3 is 6.36 Å². The van der Waals surface area contributed by atoms with Gasteiger partial charge in [0.05, 0.1) is 6.61 Å². The summed E-state index contributed by atoms with van der Waals surface area (Å²) in [6.45, 7) is 6.30. The number of alkyl halides is 3. The molecular formula is C36H42F3N5O3. The number of nitrogens with zero attached hydrogens (tertiary/aromatic N) is 4. The van der Waals surface area contributed by atoms with Crippen molar-refractivity contribution in [1.29, 1.82) is 0 Å². The van der Waals surface area contributed by atoms with E-state index in [1.165, 1.54) is 50.7 Å². The standard InChI is InChI=1S/C36H42F3N5O3/c1-2-46-30-5-3-4-28(17-30)29-15-27(16-31(18-29)47-36(37,38)39)22-43-8-10-44(11-9-43)33-7-6-32(41-42-33)34(45)40-23-35-19-24-12-25(20-35)14-26(13-24)21-35/h3-7,15-18,24-26H,2,8-14,19-23H2,1H3,(H,40,45). The minimum atomic E-state index is -4.79. The number of benzene rings is 2. The number of ether oxygens (including phenoxy) is 2. The van der Waals surface area contributed by atoms with Gasteiger partial charge in [-0.25, -0.2) is 0 Å². The molecule has 4 bridgehead atoms. The molecular weight excluding hydrogens is 607 g/mol. The van der Waals surface area contributed by atoms with Gasteiger partial charge in [0, 0.05) is 39.3 Å². The second kappa shape index (κ2) is 13.0. The molecule has 5 aliphatic rings. The van der Waals surface area contributed by atoms with Crippen molar-refractivity contribution < 1.29 is 27.4 Å². The normalized spacial score (nSPS) is 25.5. The van der Waals surface area contributed by atoms with Crippen LogP contribution in [-0.4, -0.2) is 66.7 Å². The van der Waals surface area contributed by atoms with E-state index in [0.29, 0.717) is 62.2 Å². The van der Waals surface area contributed by atoms with Crippen molar-refractivity contribution in [2.75, 3.05) is 44.2 Å². The summed E-state index contributed by atoms with van der Waals surface area (Å²) in [7, 11) is 0. The van der Waals surface area contributed by atoms with Gasteiger partial charge in [-0.3, -0.25) is 9.69 Å². The monoisotopic (exact) mass is 649 g/mol. The largest absolute Gasteiger partial charge is 0.573 e. The number of piperazine rings is 1. The average Bonchev–Trinajstić information content (AvgIpc) is 3.03. The van der Waals surface area contributed by atoms with Gasteiger partial charge in [-0.15, -0.1) is 23.4 Å². The summed E-state index contributed by atoms with van der Waals surface area (Å²) >= 11 is 0. The summed E-state index contributed by atoms with van der Waals surface area (Å²) in [5, 5.41) is 11.8. The van der Waals surface area contributed by atoms with Gasteiger partial charge in [0.25, 0.3) is 5.91 Å². The number of halogens is 3. The quantitative estimate of drug-likeness (QED) is 0.262. The van der Waals surface area contributed by atoms with Gasteiger partial charge in [0.15, 0.2) is 11.5 Å². The number of anilines is 1. The molecule has 0 atom stereocenters. The number of hydrogen-bond donors (Lipinski definition) is 1. The Kier molecular flexibility index (Phi) is 8.76. The molecule has 47 heavy (non-hydrogen) atoms. The van der Waals surface area contributed by atoms with Crippen LogP contribution in [0, 0.1) is 23.2 Å². The van der Waals surface area contributed by atoms with Gasteiger partial charge < -0.3 is 19.7 Å². The lowest BCUT2D eigenvalue weighted by Gasteiger charge is -2.56. The molecule has 1 saturated heterocycles. The lowest BCUT2D eigenvalue weighted by molar-refractivity contribution is -0.274. The lowest BCUT2D eigenvalue weighted by atomic mass is 9.49. The molecule has 4 aliphatic carbocycles. The molecule has 2 aromatic carbocycles. The van der Waals surface area contributed by atoms with Gasteiger partial charge in [-0.05, 0) is 128 Å². The Bertz CT molecular complexity index is 1540. The zero-order valence-electron chi connectivity index (χ0n) is 26.8. The van der Waals surface area contributed by atoms with Crippen LogP contribution in [0.25, 0.3) is 11.1 Å². The fourth-order valence-corrected chi connectivity index (χ4v) is 8.92. The van der Waals surface area contributed by atoms with E-state index in [0.717, 1.165) is 35.4 Å². The number of nitrogens with one attached hydrogen (secondary N) is 1. The van der Waals surface area contributed by atoms with E-state index in [4.69, 9.17) is 4.74 Å². The Morgan fingerprint density at radius 2 is 1.60 bits per heavy atom. The zero-order valence-corrected chi connectivity index (χ0v) is 26.8. The Morgan fingerprint density at radius 3 is 2.23 bits per heavy atom. The highest BCUT2D eigenvalue weighted by atomic mass is 19.4. The maximum Gasteiger partial charge on any atom is 0.573 e. The first-order valence-electron chi connectivity index (χ1n) is 16.8. The molecule has 11 heteroatoms. The van der Waals surface area contributed by atoms with Crippen molar-refractivity contribution in [2.45, 2.75) is 58.4 Å². The van der Waals surface area contributed by atoms with Crippen LogP contribution in [-0.2, 0) is 6.54 Å². The maximum atomic E-state index is 13.2. The van der Waals surface area contributed by atoms with Crippen LogP contribution in [0.15, 0.2) is 54.6 Å². The molecule has 3 aromatic rings. The Morgan fingerprint density at radius 1 is 0.894 bits per heavy atom. The van der Waals surface area contributed by atoms with Crippen LogP contribution < -0.4 is 19.7 Å². The smallest absolute Gasteiger partial charge is 0.494 e. The molecule has 8 rings (SSSR count). The minimum absolute atomic E-state index is 0.162. The Labute approximate surface area is 273 Å². The second-order valence-electron chi connectivity index (χ2n) is 14.0. The van der Waals surface area contributed by atoms with Gasteiger partial charge in [-0.2, -0.15) is 0 Å². The van der Waals surface area contributed by atoms with E-state index in [9.17, 15) is 18.0 Å². The average molecular weight is 650 g/mol. The Balaban J connectivity index is 0.952. The van der Waals surface area contributed by atoms with Crippen LogP contribution in [0.4, 0.5) is 19.0 Å². The van der Waals surface area contributed by atoms with E-state index in [1.54, 1.807) is 6.07 Å². The number of hydrogen-bond acceptors (Lipinski definition) is 7. The molecule has 0 spiro atoms. The third-order valence-corrected chi connectivity index (χ3v) is 10.5. The minimum Gasteiger partial charge on any atom is -0.494 e. The number of amides is 1. The molecule has 1 aliphatic heterocycles. The van der Waals surface area contributed by atoms with Gasteiger partial charge in [-0.1, -0.05) is 12.1 Å². The van der Waals surface area contributed by atoms with Crippen LogP contribution in [0.5, 0.6) is 11.5 Å². The van der Waals surface area contributed by atoms with Crippen molar-refractivity contribution in [1.82, 2.24) is 20.4 Å². The fraction of sp³-hybridized carbons (Fsp3) is 0.528. The third kappa shape index (κ3) is 7.50. The van der Waals surface area contributed by atoms with Gasteiger partial charge in [0.1, 0.15) is 11.5 Å². The molecule has 250 valence electrons. The topological polar surface area (TPSA) is 79.8 Å². The maximum absolute atomic E-state index is 13.2. The number of aromatic nitrogens is 2. The number of rotatable bonds is 10. The van der Waals surface area contributed by atoms with E-state index in [-0.39, 0.29) is 17.1 Å². The molecule has 0 radical (unpaired) electrons. The van der Waals surface area contributed by atoms with E-state index >= 15 is 0 Å². The van der Waals surface area contributed by atoms with Crippen LogP contribution >= 0.6 is 0 Å². The SMILES string of the molecule is CCOc1cccc(-c2cc(CN3CCN(c4ccc(C(=O)NCC56CC7CC(CC(C7)C5)C6)nn4)CC3)cc(OC(F)(F)F)c2)c1. The molecule has 2 heterocycles. The first kappa shape index (κ1) is 31.7. The molecule has 8 nitrogen and oxygen atoms in total. The molecule has 1 amide bonds. The Hall–Kier alpha value is -3.86. The van der Waals surface area contributed by atoms with Gasteiger partial charge in [0.2, 0.25) is 0 Å². The van der Waals surface area contributed by atoms with Crippen LogP contribution in [0.3, 0.4) is 0 Å². The summed E-state index contributed by atoms with van der Waals surface area (Å²) in [5.41, 5.74) is 2.69. The summed E-state index contributed by atoms with van der Waals surface area (Å²) in [5.74, 6) is 3.47. The zero-order chi connectivity index (χ0) is 32.6. The van der Waals surface area contributed by atoms with Crippen LogP contribution in [0.1, 0.15) is 61.5 Å². The van der Waals surface area contributed by atoms with Crippen molar-refractivity contribution in [3.8, 4) is 22.6 Å². The van der Waals surface area contributed by atoms with E-state index in [1.807, 2.05) is 43.3 Å². The molecule has 0 unspecified atom stereocenters. The van der Waals surface area contributed by atoms with E-state index < -0.39 is 6.36 Å². The molecule has 4 saturated carbocycles. The highest BCUT2D eigenvalue weighted by molar-refractivity contribution is 5.92. The summed E-state index contributed by atoms with van der Waals surface area (Å²) < 4.78 is 49.5. The lowest BCUT2D eigenvalue weighted by Crippen LogP contribution is -2.51. The highest BCUT2D eigenvalue weighted by Crippen LogP contribution is 2.59. The predicted molar refractivity (Wildman–Crippen MR) is 172 cm³/mol. The van der Waals surface area contributed by atoms with Crippen LogP contribution in [0.2, 0.25) is 0 Å². The number of carbonyl (C=O) groups is 1. The summed E-state index contributed by atoms with van der Waals surface area (Å²) in [6.07, 6.45) is 3.07. The molecule has 1 aromatic heterocycles. The second-order valence-corrected chi connectivity index (χ2v) is 14.0. The number of carbonyl (C=O) groups excluding carboxylic acids is 1. The van der Waals surface area contributed by atoms with Crippen molar-refractivity contribution in [2.24, 2.45) is 23.2 Å². The predicted octanol–water partition coefficient (Wildman–Crippen LogP) is 6.71. The van der Waals surface area contributed by atoms with Crippen molar-refractivity contribution in [3.63, 3.8) is 0 Å².